The number of nitrogens with zero attached hydrogens (tertiary/aromatic N) is 2. The van der Waals surface area contributed by atoms with Crippen LogP contribution in [-0.4, -0.2) is 31.6 Å². The Balaban J connectivity index is 2.60. The number of anilines is 1. The number of hydrogen-bond donors (Lipinski definition) is 0. The van der Waals surface area contributed by atoms with E-state index in [2.05, 4.69) is 74.5 Å². The molecule has 0 radical (unpaired) electrons. The Hall–Kier alpha value is -1.51. The average Bonchev–Trinajstić information content (AvgIpc) is 2.87. The van der Waals surface area contributed by atoms with Gasteiger partial charge >= 0.3 is 0 Å². The Labute approximate surface area is 196 Å². The van der Waals surface area contributed by atoms with Crippen LogP contribution in [0.15, 0.2) is 54.2 Å². The van der Waals surface area contributed by atoms with Gasteiger partial charge in [-0.2, -0.15) is 0 Å². The van der Waals surface area contributed by atoms with E-state index < -0.39 is 0 Å². The highest BCUT2D eigenvalue weighted by atomic mass is 35.5. The highest BCUT2D eigenvalue weighted by Gasteiger charge is 2.31. The van der Waals surface area contributed by atoms with Gasteiger partial charge in [-0.25, -0.2) is 0 Å². The SMILES string of the molecule is C=C/C=C\C1=C(CCCC)C(N(CCC)CCCCCC)c2ccc(Cl)cc2N(C)C1. The zero-order valence-corrected chi connectivity index (χ0v) is 21.1. The first-order valence-electron chi connectivity index (χ1n) is 12.3. The lowest BCUT2D eigenvalue weighted by atomic mass is 9.89. The van der Waals surface area contributed by atoms with E-state index in [0.29, 0.717) is 6.04 Å². The van der Waals surface area contributed by atoms with Crippen molar-refractivity contribution in [2.24, 2.45) is 0 Å². The summed E-state index contributed by atoms with van der Waals surface area (Å²) < 4.78 is 0. The van der Waals surface area contributed by atoms with Crippen molar-refractivity contribution >= 4 is 17.3 Å². The van der Waals surface area contributed by atoms with Gasteiger partial charge in [-0.3, -0.25) is 4.90 Å². The highest BCUT2D eigenvalue weighted by molar-refractivity contribution is 6.30. The van der Waals surface area contributed by atoms with Crippen LogP contribution in [-0.2, 0) is 0 Å². The van der Waals surface area contributed by atoms with Crippen molar-refractivity contribution in [2.75, 3.05) is 31.6 Å². The quantitative estimate of drug-likeness (QED) is 0.223. The minimum absolute atomic E-state index is 0.315. The third-order valence-corrected chi connectivity index (χ3v) is 6.49. The number of likely N-dealkylation sites (N-methyl/N-ethyl adjacent to an activating group) is 1. The number of benzene rings is 1. The fourth-order valence-electron chi connectivity index (χ4n) is 4.71. The summed E-state index contributed by atoms with van der Waals surface area (Å²) in [6.45, 7) is 14.0. The lowest BCUT2D eigenvalue weighted by Crippen LogP contribution is -2.32. The van der Waals surface area contributed by atoms with E-state index in [0.717, 1.165) is 31.1 Å². The second kappa shape index (κ2) is 13.8. The van der Waals surface area contributed by atoms with Crippen LogP contribution in [0.25, 0.3) is 0 Å². The molecule has 3 heteroatoms. The normalized spacial score (nSPS) is 16.8. The molecule has 2 nitrogen and oxygen atoms in total. The maximum atomic E-state index is 6.46. The minimum atomic E-state index is 0.315. The molecule has 0 N–H and O–H groups in total. The van der Waals surface area contributed by atoms with Gasteiger partial charge in [-0.05, 0) is 67.6 Å². The van der Waals surface area contributed by atoms with Crippen LogP contribution >= 0.6 is 11.6 Å². The fourth-order valence-corrected chi connectivity index (χ4v) is 4.87. The van der Waals surface area contributed by atoms with E-state index in [4.69, 9.17) is 11.6 Å². The topological polar surface area (TPSA) is 6.48 Å². The third kappa shape index (κ3) is 7.26. The highest BCUT2D eigenvalue weighted by Crippen LogP contribution is 2.43. The molecule has 172 valence electrons. The smallest absolute Gasteiger partial charge is 0.0588 e. The van der Waals surface area contributed by atoms with Crippen molar-refractivity contribution in [3.63, 3.8) is 0 Å². The van der Waals surface area contributed by atoms with Gasteiger partial charge in [0.05, 0.1) is 6.04 Å². The molecule has 0 bridgehead atoms. The van der Waals surface area contributed by atoms with Gasteiger partial charge < -0.3 is 4.90 Å². The molecule has 0 spiro atoms. The molecule has 1 aromatic rings. The Morgan fingerprint density at radius 2 is 1.84 bits per heavy atom. The number of hydrogen-bond acceptors (Lipinski definition) is 2. The summed E-state index contributed by atoms with van der Waals surface area (Å²) in [4.78, 5) is 5.12. The molecular formula is C28H43ClN2. The van der Waals surface area contributed by atoms with Crippen molar-refractivity contribution < 1.29 is 0 Å². The monoisotopic (exact) mass is 442 g/mol. The van der Waals surface area contributed by atoms with Crippen molar-refractivity contribution in [3.8, 4) is 0 Å². The molecule has 0 saturated heterocycles. The van der Waals surface area contributed by atoms with Crippen LogP contribution < -0.4 is 4.90 Å². The summed E-state index contributed by atoms with van der Waals surface area (Å²) in [5, 5.41) is 0.814. The lowest BCUT2D eigenvalue weighted by Gasteiger charge is -2.35. The van der Waals surface area contributed by atoms with Crippen LogP contribution in [0.4, 0.5) is 5.69 Å². The van der Waals surface area contributed by atoms with E-state index >= 15 is 0 Å². The summed E-state index contributed by atoms with van der Waals surface area (Å²) in [5.41, 5.74) is 5.69. The third-order valence-electron chi connectivity index (χ3n) is 6.26. The Kier molecular flexibility index (Phi) is 11.5. The van der Waals surface area contributed by atoms with Gasteiger partial charge in [0.15, 0.2) is 0 Å². The van der Waals surface area contributed by atoms with Gasteiger partial charge in [0.25, 0.3) is 0 Å². The first-order valence-corrected chi connectivity index (χ1v) is 12.7. The van der Waals surface area contributed by atoms with Crippen molar-refractivity contribution in [2.45, 2.75) is 78.2 Å². The molecule has 0 fully saturated rings. The van der Waals surface area contributed by atoms with Gasteiger partial charge in [0.1, 0.15) is 0 Å². The molecule has 1 aliphatic rings. The molecule has 1 atom stereocenters. The summed E-state index contributed by atoms with van der Waals surface area (Å²) >= 11 is 6.46. The molecule has 2 rings (SSSR count). The van der Waals surface area contributed by atoms with Crippen LogP contribution in [0.5, 0.6) is 0 Å². The molecule has 1 aromatic carbocycles. The zero-order chi connectivity index (χ0) is 22.6. The van der Waals surface area contributed by atoms with Gasteiger partial charge in [0, 0.05) is 24.3 Å². The molecule has 0 saturated carbocycles. The van der Waals surface area contributed by atoms with Crippen molar-refractivity contribution in [1.29, 1.82) is 0 Å². The predicted octanol–water partition coefficient (Wildman–Crippen LogP) is 8.35. The molecular weight excluding hydrogens is 400 g/mol. The minimum Gasteiger partial charge on any atom is -0.370 e. The Morgan fingerprint density at radius 1 is 1.06 bits per heavy atom. The maximum Gasteiger partial charge on any atom is 0.0588 e. The van der Waals surface area contributed by atoms with E-state index in [1.807, 2.05) is 6.08 Å². The van der Waals surface area contributed by atoms with Crippen LogP contribution in [0.1, 0.15) is 83.7 Å². The number of halogens is 1. The average molecular weight is 443 g/mol. The second-order valence-electron chi connectivity index (χ2n) is 8.81. The van der Waals surface area contributed by atoms with E-state index in [-0.39, 0.29) is 0 Å². The first-order chi connectivity index (χ1) is 15.1. The fraction of sp³-hybridized carbons (Fsp3) is 0.571. The molecule has 0 amide bonds. The lowest BCUT2D eigenvalue weighted by molar-refractivity contribution is 0.214. The first kappa shape index (κ1) is 25.7. The predicted molar refractivity (Wildman–Crippen MR) is 139 cm³/mol. The van der Waals surface area contributed by atoms with Crippen molar-refractivity contribution in [1.82, 2.24) is 4.90 Å². The molecule has 31 heavy (non-hydrogen) atoms. The summed E-state index contributed by atoms with van der Waals surface area (Å²) in [6.07, 6.45) is 16.2. The number of unbranched alkanes of at least 4 members (excludes halogenated alkanes) is 4. The molecule has 1 aliphatic heterocycles. The Bertz CT molecular complexity index is 749. The zero-order valence-electron chi connectivity index (χ0n) is 20.3. The second-order valence-corrected chi connectivity index (χ2v) is 9.24. The molecule has 0 aliphatic carbocycles. The van der Waals surface area contributed by atoms with Crippen molar-refractivity contribution in [3.05, 3.63) is 64.7 Å². The van der Waals surface area contributed by atoms with E-state index in [1.54, 1.807) is 5.57 Å². The van der Waals surface area contributed by atoms with Gasteiger partial charge in [-0.1, -0.05) is 88.9 Å². The Morgan fingerprint density at radius 3 is 2.52 bits per heavy atom. The van der Waals surface area contributed by atoms with Crippen LogP contribution in [0.2, 0.25) is 5.02 Å². The van der Waals surface area contributed by atoms with Crippen LogP contribution in [0.3, 0.4) is 0 Å². The maximum absolute atomic E-state index is 6.46. The molecule has 0 aromatic heterocycles. The number of rotatable bonds is 13. The standard InChI is InChI=1S/C28H43ClN2/c1-6-10-13-14-20-31(19-9-4)28-25(16-12-8-3)23(15-11-7-2)22-30(5)27-21-24(29)17-18-26(27)28/h7,11,15,17-18,21,28H,2,6,8-10,12-14,16,19-20,22H2,1,3-5H3/b15-11-. The van der Waals surface area contributed by atoms with Gasteiger partial charge in [-0.15, -0.1) is 0 Å². The largest absolute Gasteiger partial charge is 0.370 e. The number of fused-ring (bicyclic) bond motifs is 1. The number of allylic oxidation sites excluding steroid dienone is 2. The molecule has 1 heterocycles. The summed E-state index contributed by atoms with van der Waals surface area (Å²) in [6, 6.07) is 6.82. The molecule has 1 unspecified atom stereocenters. The van der Waals surface area contributed by atoms with E-state index in [1.165, 1.54) is 61.8 Å². The van der Waals surface area contributed by atoms with Gasteiger partial charge in [0.2, 0.25) is 0 Å². The summed E-state index contributed by atoms with van der Waals surface area (Å²) in [7, 11) is 2.20. The summed E-state index contributed by atoms with van der Waals surface area (Å²) in [5.74, 6) is 0. The van der Waals surface area contributed by atoms with Crippen LogP contribution in [0, 0.1) is 0 Å². The van der Waals surface area contributed by atoms with E-state index in [9.17, 15) is 0 Å².